The van der Waals surface area contributed by atoms with Gasteiger partial charge in [0.05, 0.1) is 19.1 Å². The van der Waals surface area contributed by atoms with Crippen molar-refractivity contribution in [3.8, 4) is 17.2 Å². The fraction of sp³-hybridized carbons (Fsp3) is 0.150. The highest BCUT2D eigenvalue weighted by molar-refractivity contribution is 6.13. The van der Waals surface area contributed by atoms with Crippen molar-refractivity contribution >= 4 is 29.6 Å². The van der Waals surface area contributed by atoms with Gasteiger partial charge in [0, 0.05) is 24.6 Å². The van der Waals surface area contributed by atoms with Gasteiger partial charge < -0.3 is 18.9 Å². The number of nitro groups is 1. The van der Waals surface area contributed by atoms with Crippen LogP contribution in [0.15, 0.2) is 47.1 Å². The van der Waals surface area contributed by atoms with E-state index >= 15 is 0 Å². The molecule has 10 nitrogen and oxygen atoms in total. The quantitative estimate of drug-likeness (QED) is 0.233. The molecular formula is C20H16N2O8. The summed E-state index contributed by atoms with van der Waals surface area (Å²) in [6.45, 7) is 1.14. The maximum atomic E-state index is 12.2. The summed E-state index contributed by atoms with van der Waals surface area (Å²) >= 11 is 0. The lowest BCUT2D eigenvalue weighted by molar-refractivity contribution is -0.385. The molecule has 0 N–H and O–H groups in total. The molecule has 1 aliphatic heterocycles. The Balaban J connectivity index is 1.97. The number of nitro benzene ring substituents is 1. The normalized spacial score (nSPS) is 14.2. The number of nitrogens with zero attached hydrogens (tertiary/aromatic N) is 2. The molecule has 30 heavy (non-hydrogen) atoms. The molecule has 0 spiro atoms. The molecule has 154 valence electrons. The number of carbonyl (C=O) groups is 2. The number of hydrogen-bond donors (Lipinski definition) is 0. The first kappa shape index (κ1) is 20.5. The summed E-state index contributed by atoms with van der Waals surface area (Å²) in [6, 6.07) is 8.78. The van der Waals surface area contributed by atoms with Crippen molar-refractivity contribution in [2.45, 2.75) is 6.92 Å². The van der Waals surface area contributed by atoms with Crippen molar-refractivity contribution in [3.63, 3.8) is 0 Å². The second-order valence-electron chi connectivity index (χ2n) is 6.02. The van der Waals surface area contributed by atoms with Crippen LogP contribution in [0.2, 0.25) is 0 Å². The van der Waals surface area contributed by atoms with Crippen molar-refractivity contribution in [2.75, 3.05) is 14.2 Å². The van der Waals surface area contributed by atoms with Crippen LogP contribution in [0, 0.1) is 10.1 Å². The molecule has 3 rings (SSSR count). The number of carbonyl (C=O) groups excluding carboxylic acids is 2. The summed E-state index contributed by atoms with van der Waals surface area (Å²) in [7, 11) is 2.97. The minimum Gasteiger partial charge on any atom is -0.497 e. The van der Waals surface area contributed by atoms with E-state index in [4.69, 9.17) is 18.9 Å². The summed E-state index contributed by atoms with van der Waals surface area (Å²) in [6.07, 6.45) is 1.33. The summed E-state index contributed by atoms with van der Waals surface area (Å²) in [5.74, 6) is -0.606. The van der Waals surface area contributed by atoms with Crippen LogP contribution in [-0.4, -0.2) is 37.0 Å². The fourth-order valence-corrected chi connectivity index (χ4v) is 2.63. The average Bonchev–Trinajstić information content (AvgIpc) is 3.08. The van der Waals surface area contributed by atoms with Gasteiger partial charge in [-0.2, -0.15) is 0 Å². The van der Waals surface area contributed by atoms with Gasteiger partial charge in [0.2, 0.25) is 11.6 Å². The molecule has 0 aromatic heterocycles. The third-order valence-electron chi connectivity index (χ3n) is 3.96. The number of hydrogen-bond acceptors (Lipinski definition) is 9. The van der Waals surface area contributed by atoms with Crippen LogP contribution in [-0.2, 0) is 14.3 Å². The van der Waals surface area contributed by atoms with E-state index in [2.05, 4.69) is 4.99 Å². The molecule has 10 heteroatoms. The molecule has 2 aromatic rings. The molecule has 0 aliphatic carbocycles. The van der Waals surface area contributed by atoms with Crippen molar-refractivity contribution < 1.29 is 33.5 Å². The van der Waals surface area contributed by atoms with E-state index in [1.807, 2.05) is 0 Å². The maximum absolute atomic E-state index is 12.2. The van der Waals surface area contributed by atoms with E-state index in [9.17, 15) is 19.7 Å². The number of aliphatic imine (C=N–C) groups is 1. The molecule has 0 amide bonds. The van der Waals surface area contributed by atoms with Crippen LogP contribution in [0.1, 0.15) is 18.1 Å². The molecule has 2 aromatic carbocycles. The molecular weight excluding hydrogens is 396 g/mol. The summed E-state index contributed by atoms with van der Waals surface area (Å²) in [4.78, 5) is 38.1. The largest absolute Gasteiger partial charge is 0.497 e. The third-order valence-corrected chi connectivity index (χ3v) is 3.96. The number of rotatable bonds is 6. The Labute approximate surface area is 170 Å². The van der Waals surface area contributed by atoms with Crippen LogP contribution in [0.5, 0.6) is 17.2 Å². The Morgan fingerprint density at radius 1 is 1.13 bits per heavy atom. The van der Waals surface area contributed by atoms with Gasteiger partial charge in [0.1, 0.15) is 11.5 Å². The lowest BCUT2D eigenvalue weighted by Gasteiger charge is -2.07. The summed E-state index contributed by atoms with van der Waals surface area (Å²) < 4.78 is 20.4. The van der Waals surface area contributed by atoms with Crippen LogP contribution in [0.25, 0.3) is 6.08 Å². The predicted molar refractivity (Wildman–Crippen MR) is 105 cm³/mol. The van der Waals surface area contributed by atoms with Crippen molar-refractivity contribution in [3.05, 3.63) is 63.3 Å². The van der Waals surface area contributed by atoms with Crippen molar-refractivity contribution in [2.24, 2.45) is 4.99 Å². The molecule has 0 unspecified atom stereocenters. The van der Waals surface area contributed by atoms with Crippen molar-refractivity contribution in [1.82, 2.24) is 0 Å². The molecule has 0 fully saturated rings. The Hall–Kier alpha value is -4.21. The zero-order valence-electron chi connectivity index (χ0n) is 16.2. The topological polar surface area (TPSA) is 127 Å². The number of benzene rings is 2. The minimum absolute atomic E-state index is 0.0366. The van der Waals surface area contributed by atoms with Crippen LogP contribution >= 0.6 is 0 Å². The van der Waals surface area contributed by atoms with E-state index in [1.165, 1.54) is 38.5 Å². The Morgan fingerprint density at radius 3 is 2.37 bits per heavy atom. The van der Waals surface area contributed by atoms with Crippen LogP contribution in [0.3, 0.4) is 0 Å². The highest BCUT2D eigenvalue weighted by Gasteiger charge is 2.26. The van der Waals surface area contributed by atoms with Gasteiger partial charge in [-0.1, -0.05) is 6.07 Å². The number of methoxy groups -OCH3 is 2. The lowest BCUT2D eigenvalue weighted by atomic mass is 10.1. The zero-order valence-corrected chi connectivity index (χ0v) is 16.2. The first-order valence-corrected chi connectivity index (χ1v) is 8.53. The SMILES string of the molecule is COc1cc(OC)cc(C2=N/C(=C\c3ccc(OC(C)=O)c([N+](=O)[O-])c3)C(=O)O2)c1. The number of cyclic esters (lactones) is 1. The van der Waals surface area contributed by atoms with Gasteiger partial charge in [-0.25, -0.2) is 9.79 Å². The molecule has 0 radical (unpaired) electrons. The van der Waals surface area contributed by atoms with Gasteiger partial charge in [0.25, 0.3) is 0 Å². The van der Waals surface area contributed by atoms with E-state index in [0.717, 1.165) is 6.92 Å². The Kier molecular flexibility index (Phi) is 5.77. The lowest BCUT2D eigenvalue weighted by Crippen LogP contribution is -2.06. The first-order chi connectivity index (χ1) is 14.3. The molecule has 1 aliphatic rings. The standard InChI is InChI=1S/C20H16N2O8/c1-11(23)29-18-5-4-12(7-17(18)22(25)26)6-16-20(24)30-19(21-16)13-8-14(27-2)10-15(9-13)28-3/h4-10H,1-3H3/b16-6-. The average molecular weight is 412 g/mol. The van der Waals surface area contributed by atoms with E-state index < -0.39 is 22.5 Å². The monoisotopic (exact) mass is 412 g/mol. The van der Waals surface area contributed by atoms with Crippen LogP contribution in [0.4, 0.5) is 5.69 Å². The molecule has 1 heterocycles. The minimum atomic E-state index is -0.724. The molecule has 0 saturated heterocycles. The van der Waals surface area contributed by atoms with E-state index in [1.54, 1.807) is 18.2 Å². The second kappa shape index (κ2) is 8.43. The van der Waals surface area contributed by atoms with Gasteiger partial charge in [-0.15, -0.1) is 0 Å². The molecule has 0 atom stereocenters. The van der Waals surface area contributed by atoms with Gasteiger partial charge in [-0.3, -0.25) is 14.9 Å². The first-order valence-electron chi connectivity index (χ1n) is 8.53. The highest BCUT2D eigenvalue weighted by atomic mass is 16.6. The van der Waals surface area contributed by atoms with Crippen LogP contribution < -0.4 is 14.2 Å². The fourth-order valence-electron chi connectivity index (χ4n) is 2.63. The van der Waals surface area contributed by atoms with E-state index in [0.29, 0.717) is 22.6 Å². The second-order valence-corrected chi connectivity index (χ2v) is 6.02. The van der Waals surface area contributed by atoms with E-state index in [-0.39, 0.29) is 17.3 Å². The van der Waals surface area contributed by atoms with Gasteiger partial charge >= 0.3 is 17.6 Å². The molecule has 0 bridgehead atoms. The van der Waals surface area contributed by atoms with Crippen molar-refractivity contribution in [1.29, 1.82) is 0 Å². The predicted octanol–water partition coefficient (Wildman–Crippen LogP) is 2.88. The Bertz CT molecular complexity index is 1080. The number of ether oxygens (including phenoxy) is 4. The van der Waals surface area contributed by atoms with Gasteiger partial charge in [-0.05, 0) is 29.8 Å². The highest BCUT2D eigenvalue weighted by Crippen LogP contribution is 2.30. The smallest absolute Gasteiger partial charge is 0.363 e. The van der Waals surface area contributed by atoms with Gasteiger partial charge in [0.15, 0.2) is 5.70 Å². The molecule has 0 saturated carbocycles. The zero-order chi connectivity index (χ0) is 21.8. The third kappa shape index (κ3) is 4.43. The Morgan fingerprint density at radius 2 is 1.80 bits per heavy atom. The number of esters is 2. The summed E-state index contributed by atoms with van der Waals surface area (Å²) in [5, 5.41) is 11.3. The maximum Gasteiger partial charge on any atom is 0.363 e. The summed E-state index contributed by atoms with van der Waals surface area (Å²) in [5.41, 5.74) is 0.283.